The summed E-state index contributed by atoms with van der Waals surface area (Å²) >= 11 is 1.55. The Kier molecular flexibility index (Phi) is 9.40. The van der Waals surface area contributed by atoms with Crippen LogP contribution in [0.15, 0.2) is 66.4 Å². The van der Waals surface area contributed by atoms with Gasteiger partial charge in [0.1, 0.15) is 5.70 Å². The maximum Gasteiger partial charge on any atom is 0.405 e. The SMILES string of the molecule is COC(=O)C(=[NH2+])/C(=C\CNCc1ccccc1)NC(=O)CSC1C=CC=CC1C. The van der Waals surface area contributed by atoms with Crippen molar-refractivity contribution in [3.63, 3.8) is 0 Å². The maximum atomic E-state index is 12.4. The number of methoxy groups -OCH3 is 1. The summed E-state index contributed by atoms with van der Waals surface area (Å²) in [5.74, 6) is -0.273. The fraction of sp³-hybridized carbons (Fsp3) is 0.318. The number of hydrogen-bond donors (Lipinski definition) is 3. The van der Waals surface area contributed by atoms with E-state index in [0.29, 0.717) is 19.0 Å². The summed E-state index contributed by atoms with van der Waals surface area (Å²) in [7, 11) is 1.25. The summed E-state index contributed by atoms with van der Waals surface area (Å²) in [5.41, 5.74) is 1.27. The van der Waals surface area contributed by atoms with Crippen molar-refractivity contribution < 1.29 is 19.7 Å². The molecule has 6 nitrogen and oxygen atoms in total. The fourth-order valence-electron chi connectivity index (χ4n) is 2.70. The molecule has 1 aliphatic rings. The average Bonchev–Trinajstić information content (AvgIpc) is 2.75. The van der Waals surface area contributed by atoms with Crippen molar-refractivity contribution >= 4 is 29.4 Å². The minimum absolute atomic E-state index is 0.124. The zero-order valence-corrected chi connectivity index (χ0v) is 17.6. The van der Waals surface area contributed by atoms with E-state index < -0.39 is 5.97 Å². The highest BCUT2D eigenvalue weighted by molar-refractivity contribution is 8.00. The molecule has 4 N–H and O–H groups in total. The standard InChI is InChI=1S/C22H27N3O3S/c1-16-8-6-7-11-19(16)29-15-20(26)25-18(21(23)22(27)28-2)12-13-24-14-17-9-4-3-5-10-17/h3-12,16,19,23-24H,13-15H2,1-2H3,(H,25,26)/p+1/b18-12+,23-21?. The summed E-state index contributed by atoms with van der Waals surface area (Å²) in [5, 5.41) is 12.1. The van der Waals surface area contributed by atoms with Gasteiger partial charge in [-0.2, -0.15) is 0 Å². The number of allylic oxidation sites excluding steroid dienone is 3. The third-order valence-electron chi connectivity index (χ3n) is 4.34. The summed E-state index contributed by atoms with van der Waals surface area (Å²) in [6.45, 7) is 3.21. The summed E-state index contributed by atoms with van der Waals surface area (Å²) in [6.07, 6.45) is 9.88. The van der Waals surface area contributed by atoms with Gasteiger partial charge < -0.3 is 15.4 Å². The van der Waals surface area contributed by atoms with Gasteiger partial charge in [-0.25, -0.2) is 10.2 Å². The number of rotatable bonds is 10. The number of nitrogens with two attached hydrogens (primary N) is 1. The van der Waals surface area contributed by atoms with Gasteiger partial charge in [-0.15, -0.1) is 11.8 Å². The molecule has 0 heterocycles. The lowest BCUT2D eigenvalue weighted by Crippen LogP contribution is -2.50. The number of nitrogens with one attached hydrogen (secondary N) is 2. The van der Waals surface area contributed by atoms with E-state index in [0.717, 1.165) is 5.56 Å². The molecule has 29 heavy (non-hydrogen) atoms. The molecule has 1 amide bonds. The van der Waals surface area contributed by atoms with Gasteiger partial charge in [0, 0.05) is 18.3 Å². The molecule has 2 unspecified atom stereocenters. The highest BCUT2D eigenvalue weighted by atomic mass is 32.2. The van der Waals surface area contributed by atoms with E-state index in [4.69, 9.17) is 5.41 Å². The van der Waals surface area contributed by atoms with Crippen LogP contribution < -0.4 is 16.0 Å². The predicted octanol–water partition coefficient (Wildman–Crippen LogP) is 1.01. The number of ether oxygens (including phenoxy) is 1. The summed E-state index contributed by atoms with van der Waals surface area (Å²) in [6, 6.07) is 9.93. The van der Waals surface area contributed by atoms with Crippen molar-refractivity contribution in [2.24, 2.45) is 5.92 Å². The predicted molar refractivity (Wildman–Crippen MR) is 117 cm³/mol. The van der Waals surface area contributed by atoms with Crippen molar-refractivity contribution in [1.82, 2.24) is 10.6 Å². The number of amides is 1. The van der Waals surface area contributed by atoms with Gasteiger partial charge in [-0.3, -0.25) is 4.79 Å². The number of carbonyl (C=O) groups is 2. The van der Waals surface area contributed by atoms with E-state index >= 15 is 0 Å². The first-order chi connectivity index (χ1) is 14.0. The second-order valence-electron chi connectivity index (χ2n) is 6.59. The van der Waals surface area contributed by atoms with Crippen molar-refractivity contribution in [3.8, 4) is 0 Å². The molecule has 2 atom stereocenters. The van der Waals surface area contributed by atoms with E-state index in [1.54, 1.807) is 17.8 Å². The van der Waals surface area contributed by atoms with Gasteiger partial charge in [0.2, 0.25) is 5.91 Å². The van der Waals surface area contributed by atoms with Crippen LogP contribution in [0.1, 0.15) is 12.5 Å². The summed E-state index contributed by atoms with van der Waals surface area (Å²) in [4.78, 5) is 24.2. The molecule has 154 valence electrons. The molecule has 2 rings (SSSR count). The molecule has 0 saturated heterocycles. The second-order valence-corrected chi connectivity index (χ2v) is 7.76. The number of carbonyl (C=O) groups excluding carboxylic acids is 2. The lowest BCUT2D eigenvalue weighted by atomic mass is 10.0. The Labute approximate surface area is 176 Å². The highest BCUT2D eigenvalue weighted by Gasteiger charge is 2.23. The monoisotopic (exact) mass is 414 g/mol. The van der Waals surface area contributed by atoms with Gasteiger partial charge in [0.05, 0.1) is 12.9 Å². The second kappa shape index (κ2) is 12.0. The third-order valence-corrected chi connectivity index (χ3v) is 5.74. The normalized spacial score (nSPS) is 18.3. The molecule has 0 saturated carbocycles. The molecule has 7 heteroatoms. The average molecular weight is 415 g/mol. The van der Waals surface area contributed by atoms with E-state index in [1.165, 1.54) is 7.11 Å². The Bertz CT molecular complexity index is 803. The Morgan fingerprint density at radius 2 is 1.93 bits per heavy atom. The first-order valence-corrected chi connectivity index (χ1v) is 10.5. The molecular weight excluding hydrogens is 386 g/mol. The number of esters is 1. The quantitative estimate of drug-likeness (QED) is 0.302. The van der Waals surface area contributed by atoms with Gasteiger partial charge >= 0.3 is 11.7 Å². The first-order valence-electron chi connectivity index (χ1n) is 9.43. The Morgan fingerprint density at radius 1 is 1.21 bits per heavy atom. The minimum atomic E-state index is -0.679. The molecule has 0 bridgehead atoms. The third kappa shape index (κ3) is 7.71. The Balaban J connectivity index is 1.91. The first kappa shape index (κ1) is 22.6. The summed E-state index contributed by atoms with van der Waals surface area (Å²) < 4.78 is 4.68. The van der Waals surface area contributed by atoms with Gasteiger partial charge in [-0.05, 0) is 17.6 Å². The highest BCUT2D eigenvalue weighted by Crippen LogP contribution is 2.24. The van der Waals surface area contributed by atoms with E-state index in [-0.39, 0.29) is 28.3 Å². The molecule has 0 fully saturated rings. The Hall–Kier alpha value is -2.64. The van der Waals surface area contributed by atoms with Crippen LogP contribution in [0, 0.1) is 5.92 Å². The lowest BCUT2D eigenvalue weighted by molar-refractivity contribution is -0.150. The van der Waals surface area contributed by atoms with Crippen LogP contribution in [0.2, 0.25) is 0 Å². The van der Waals surface area contributed by atoms with Crippen LogP contribution in [0.25, 0.3) is 0 Å². The van der Waals surface area contributed by atoms with Crippen LogP contribution in [0.4, 0.5) is 0 Å². The molecule has 0 aliphatic heterocycles. The topological polar surface area (TPSA) is 93.0 Å². The largest absolute Gasteiger partial charge is 0.461 e. The number of hydrogen-bond acceptors (Lipinski definition) is 5. The molecule has 1 aromatic carbocycles. The molecule has 1 aromatic rings. The fourth-order valence-corrected chi connectivity index (χ4v) is 3.71. The van der Waals surface area contributed by atoms with Crippen molar-refractivity contribution in [3.05, 3.63) is 72.0 Å². The molecule has 0 spiro atoms. The van der Waals surface area contributed by atoms with Gasteiger partial charge in [0.25, 0.3) is 0 Å². The maximum absolute atomic E-state index is 12.4. The lowest BCUT2D eigenvalue weighted by Gasteiger charge is -2.19. The molecule has 0 radical (unpaired) electrons. The van der Waals surface area contributed by atoms with E-state index in [9.17, 15) is 9.59 Å². The Morgan fingerprint density at radius 3 is 2.62 bits per heavy atom. The number of thioether (sulfide) groups is 1. The smallest absolute Gasteiger partial charge is 0.405 e. The zero-order valence-electron chi connectivity index (χ0n) is 16.8. The molecule has 1 aliphatic carbocycles. The van der Waals surface area contributed by atoms with Crippen LogP contribution in [0.3, 0.4) is 0 Å². The van der Waals surface area contributed by atoms with Gasteiger partial charge in [-0.1, -0.05) is 61.6 Å². The van der Waals surface area contributed by atoms with E-state index in [2.05, 4.69) is 34.4 Å². The van der Waals surface area contributed by atoms with Crippen molar-refractivity contribution in [1.29, 1.82) is 0 Å². The molecule has 0 aromatic heterocycles. The van der Waals surface area contributed by atoms with Crippen molar-refractivity contribution in [2.45, 2.75) is 18.7 Å². The van der Waals surface area contributed by atoms with Crippen LogP contribution in [-0.4, -0.2) is 42.2 Å². The van der Waals surface area contributed by atoms with Crippen LogP contribution in [-0.2, 0) is 20.9 Å². The molecular formula is C22H28N3O3S+. The van der Waals surface area contributed by atoms with Crippen molar-refractivity contribution in [2.75, 3.05) is 19.4 Å². The van der Waals surface area contributed by atoms with E-state index in [1.807, 2.05) is 42.5 Å². The van der Waals surface area contributed by atoms with Gasteiger partial charge in [0.15, 0.2) is 0 Å². The zero-order chi connectivity index (χ0) is 21.1. The number of benzene rings is 1. The minimum Gasteiger partial charge on any atom is -0.461 e. The van der Waals surface area contributed by atoms with Crippen LogP contribution >= 0.6 is 11.8 Å². The van der Waals surface area contributed by atoms with Crippen LogP contribution in [0.5, 0.6) is 0 Å².